The van der Waals surface area contributed by atoms with Crippen LogP contribution in [0.3, 0.4) is 0 Å². The molecule has 0 spiro atoms. The van der Waals surface area contributed by atoms with Gasteiger partial charge >= 0.3 is 0 Å². The Kier molecular flexibility index (Phi) is 2.80. The van der Waals surface area contributed by atoms with E-state index in [1.54, 1.807) is 38.3 Å². The van der Waals surface area contributed by atoms with Gasteiger partial charge in [-0.25, -0.2) is 0 Å². The highest BCUT2D eigenvalue weighted by molar-refractivity contribution is 5.74. The van der Waals surface area contributed by atoms with E-state index in [1.807, 2.05) is 0 Å². The summed E-state index contributed by atoms with van der Waals surface area (Å²) in [5, 5.41) is 0. The zero-order valence-electron chi connectivity index (χ0n) is 7.78. The van der Waals surface area contributed by atoms with Crippen molar-refractivity contribution < 1.29 is 9.53 Å². The maximum Gasteiger partial charge on any atom is 0.150 e. The van der Waals surface area contributed by atoms with E-state index in [0.29, 0.717) is 5.56 Å². The van der Waals surface area contributed by atoms with Crippen molar-refractivity contribution >= 4 is 6.29 Å². The number of hydrogen-bond donors (Lipinski definition) is 1. The van der Waals surface area contributed by atoms with Crippen LogP contribution in [0.2, 0.25) is 0 Å². The van der Waals surface area contributed by atoms with E-state index in [2.05, 4.69) is 0 Å². The summed E-state index contributed by atoms with van der Waals surface area (Å²) in [5.41, 5.74) is 6.51. The van der Waals surface area contributed by atoms with E-state index in [-0.39, 0.29) is 0 Å². The molecule has 0 unspecified atom stereocenters. The summed E-state index contributed by atoms with van der Waals surface area (Å²) in [6.45, 7) is 1.77. The molecule has 0 bridgehead atoms. The van der Waals surface area contributed by atoms with Crippen LogP contribution in [-0.2, 0) is 10.5 Å². The van der Waals surface area contributed by atoms with E-state index in [0.717, 1.165) is 11.8 Å². The lowest BCUT2D eigenvalue weighted by Crippen LogP contribution is -2.34. The van der Waals surface area contributed by atoms with Gasteiger partial charge in [-0.3, -0.25) is 10.5 Å². The van der Waals surface area contributed by atoms with E-state index in [4.69, 9.17) is 10.5 Å². The summed E-state index contributed by atoms with van der Waals surface area (Å²) in [4.78, 5) is 10.4. The normalized spacial score (nSPS) is 15.0. The minimum atomic E-state index is -0.790. The van der Waals surface area contributed by atoms with Crippen molar-refractivity contribution in [2.75, 3.05) is 7.11 Å². The standard InChI is InChI=1S/C10H13NO2/c1-10(11,13-2)9-5-3-8(7-12)4-6-9/h3-7H,11H2,1-2H3/t10-/m0/s1. The molecule has 2 N–H and O–H groups in total. The van der Waals surface area contributed by atoms with Crippen LogP contribution in [0.4, 0.5) is 0 Å². The van der Waals surface area contributed by atoms with E-state index < -0.39 is 5.72 Å². The summed E-state index contributed by atoms with van der Waals surface area (Å²) in [7, 11) is 1.55. The maximum absolute atomic E-state index is 10.4. The molecular formula is C10H13NO2. The molecule has 0 saturated carbocycles. The molecule has 13 heavy (non-hydrogen) atoms. The highest BCUT2D eigenvalue weighted by Gasteiger charge is 2.19. The summed E-state index contributed by atoms with van der Waals surface area (Å²) in [6.07, 6.45) is 0.796. The largest absolute Gasteiger partial charge is 0.360 e. The molecule has 0 saturated heterocycles. The predicted octanol–water partition coefficient (Wildman–Crippen LogP) is 1.28. The van der Waals surface area contributed by atoms with Gasteiger partial charge in [0.2, 0.25) is 0 Å². The minimum Gasteiger partial charge on any atom is -0.360 e. The Labute approximate surface area is 77.5 Å². The second-order valence-electron chi connectivity index (χ2n) is 3.05. The van der Waals surface area contributed by atoms with Crippen molar-refractivity contribution in [1.82, 2.24) is 0 Å². The zero-order valence-corrected chi connectivity index (χ0v) is 7.78. The zero-order chi connectivity index (χ0) is 9.90. The molecule has 3 heteroatoms. The molecule has 0 amide bonds. The molecule has 0 radical (unpaired) electrons. The van der Waals surface area contributed by atoms with Crippen LogP contribution in [0.15, 0.2) is 24.3 Å². The topological polar surface area (TPSA) is 52.3 Å². The van der Waals surface area contributed by atoms with Gasteiger partial charge in [-0.2, -0.15) is 0 Å². The number of hydrogen-bond acceptors (Lipinski definition) is 3. The highest BCUT2D eigenvalue weighted by atomic mass is 16.5. The fourth-order valence-electron chi connectivity index (χ4n) is 1.01. The fourth-order valence-corrected chi connectivity index (χ4v) is 1.01. The van der Waals surface area contributed by atoms with Crippen LogP contribution in [0, 0.1) is 0 Å². The number of carbonyl (C=O) groups is 1. The minimum absolute atomic E-state index is 0.635. The first-order chi connectivity index (χ1) is 6.10. The first kappa shape index (κ1) is 9.89. The van der Waals surface area contributed by atoms with Crippen LogP contribution >= 0.6 is 0 Å². The van der Waals surface area contributed by atoms with Gasteiger partial charge in [-0.05, 0) is 12.5 Å². The van der Waals surface area contributed by atoms with Crippen molar-refractivity contribution in [2.24, 2.45) is 5.73 Å². The first-order valence-corrected chi connectivity index (χ1v) is 4.00. The Morgan fingerprint density at radius 3 is 2.31 bits per heavy atom. The second kappa shape index (κ2) is 3.68. The number of benzene rings is 1. The average molecular weight is 179 g/mol. The molecule has 0 aliphatic carbocycles. The third kappa shape index (κ3) is 2.14. The Morgan fingerprint density at radius 2 is 1.92 bits per heavy atom. The average Bonchev–Trinajstić information content (AvgIpc) is 2.18. The van der Waals surface area contributed by atoms with Crippen LogP contribution in [0.25, 0.3) is 0 Å². The lowest BCUT2D eigenvalue weighted by Gasteiger charge is -2.23. The number of nitrogens with two attached hydrogens (primary N) is 1. The molecular weight excluding hydrogens is 166 g/mol. The van der Waals surface area contributed by atoms with Crippen LogP contribution in [0.1, 0.15) is 22.8 Å². The molecule has 1 aromatic carbocycles. The van der Waals surface area contributed by atoms with Gasteiger partial charge in [0, 0.05) is 12.7 Å². The molecule has 0 heterocycles. The predicted molar refractivity (Wildman–Crippen MR) is 50.4 cm³/mol. The van der Waals surface area contributed by atoms with Gasteiger partial charge < -0.3 is 4.74 Å². The number of rotatable bonds is 3. The third-order valence-electron chi connectivity index (χ3n) is 2.04. The Hall–Kier alpha value is -1.19. The lowest BCUT2D eigenvalue weighted by atomic mass is 10.0. The summed E-state index contributed by atoms with van der Waals surface area (Å²) < 4.78 is 5.09. The van der Waals surface area contributed by atoms with Crippen molar-refractivity contribution in [1.29, 1.82) is 0 Å². The van der Waals surface area contributed by atoms with Crippen LogP contribution in [0.5, 0.6) is 0 Å². The Balaban J connectivity index is 2.98. The lowest BCUT2D eigenvalue weighted by molar-refractivity contribution is 0.00768. The number of methoxy groups -OCH3 is 1. The SMILES string of the molecule is CO[C@](C)(N)c1ccc(C=O)cc1. The Morgan fingerprint density at radius 1 is 1.38 bits per heavy atom. The van der Waals surface area contributed by atoms with E-state index in [9.17, 15) is 4.79 Å². The first-order valence-electron chi connectivity index (χ1n) is 4.00. The molecule has 0 aliphatic heterocycles. The van der Waals surface area contributed by atoms with Gasteiger partial charge in [-0.15, -0.1) is 0 Å². The monoisotopic (exact) mass is 179 g/mol. The molecule has 1 rings (SSSR count). The van der Waals surface area contributed by atoms with Gasteiger partial charge in [0.25, 0.3) is 0 Å². The second-order valence-corrected chi connectivity index (χ2v) is 3.05. The molecule has 0 aliphatic rings. The van der Waals surface area contributed by atoms with Gasteiger partial charge in [0.15, 0.2) is 0 Å². The van der Waals surface area contributed by atoms with Crippen LogP contribution in [-0.4, -0.2) is 13.4 Å². The Bertz CT molecular complexity index is 290. The number of carbonyl (C=O) groups excluding carboxylic acids is 1. The number of ether oxygens (including phenoxy) is 1. The van der Waals surface area contributed by atoms with E-state index in [1.165, 1.54) is 0 Å². The van der Waals surface area contributed by atoms with Crippen LogP contribution < -0.4 is 5.73 Å². The van der Waals surface area contributed by atoms with Crippen molar-refractivity contribution in [3.63, 3.8) is 0 Å². The molecule has 70 valence electrons. The number of aldehydes is 1. The fraction of sp³-hybridized carbons (Fsp3) is 0.300. The third-order valence-corrected chi connectivity index (χ3v) is 2.04. The van der Waals surface area contributed by atoms with Crippen molar-refractivity contribution in [3.05, 3.63) is 35.4 Å². The molecule has 1 atom stereocenters. The van der Waals surface area contributed by atoms with E-state index >= 15 is 0 Å². The summed E-state index contributed by atoms with van der Waals surface area (Å²) >= 11 is 0. The smallest absolute Gasteiger partial charge is 0.150 e. The maximum atomic E-state index is 10.4. The van der Waals surface area contributed by atoms with Crippen molar-refractivity contribution in [3.8, 4) is 0 Å². The molecule has 0 fully saturated rings. The van der Waals surface area contributed by atoms with Gasteiger partial charge in [-0.1, -0.05) is 24.3 Å². The molecule has 0 aromatic heterocycles. The van der Waals surface area contributed by atoms with Crippen molar-refractivity contribution in [2.45, 2.75) is 12.6 Å². The summed E-state index contributed by atoms with van der Waals surface area (Å²) in [6, 6.07) is 7.00. The summed E-state index contributed by atoms with van der Waals surface area (Å²) in [5.74, 6) is 0. The quantitative estimate of drug-likeness (QED) is 0.561. The highest BCUT2D eigenvalue weighted by Crippen LogP contribution is 2.17. The molecule has 1 aromatic rings. The van der Waals surface area contributed by atoms with Gasteiger partial charge in [0.05, 0.1) is 0 Å². The van der Waals surface area contributed by atoms with Gasteiger partial charge in [0.1, 0.15) is 12.0 Å². The molecule has 3 nitrogen and oxygen atoms in total.